The van der Waals surface area contributed by atoms with Crippen molar-refractivity contribution < 1.29 is 13.2 Å². The number of para-hydroxylation sites is 1. The number of halogens is 4. The molecule has 154 valence electrons. The molecule has 4 aromatic rings. The Morgan fingerprint density at radius 1 is 1.00 bits per heavy atom. The monoisotopic (exact) mass is 449 g/mol. The van der Waals surface area contributed by atoms with Crippen LogP contribution in [-0.4, -0.2) is 24.5 Å². The molecule has 0 aliphatic carbocycles. The minimum Gasteiger partial charge on any atom is -0.274 e. The van der Waals surface area contributed by atoms with Crippen molar-refractivity contribution in [2.75, 3.05) is 0 Å². The van der Waals surface area contributed by atoms with E-state index in [4.69, 9.17) is 11.6 Å². The minimum atomic E-state index is -4.61. The molecular weight excluding hydrogens is 435 g/mol. The fourth-order valence-corrected chi connectivity index (χ4v) is 3.97. The summed E-state index contributed by atoms with van der Waals surface area (Å²) in [6.07, 6.45) is -3.30. The smallest absolute Gasteiger partial charge is 0.274 e. The Hall–Kier alpha value is -2.78. The molecule has 0 saturated carbocycles. The Labute approximate surface area is 179 Å². The third-order valence-corrected chi connectivity index (χ3v) is 5.52. The maximum Gasteiger partial charge on any atom is 0.435 e. The normalized spacial score (nSPS) is 11.8. The number of alkyl halides is 3. The van der Waals surface area contributed by atoms with Crippen LogP contribution in [0.3, 0.4) is 0 Å². The molecule has 2 aromatic heterocycles. The van der Waals surface area contributed by atoms with Gasteiger partial charge in [0.25, 0.3) is 0 Å². The third kappa shape index (κ3) is 4.22. The number of aromatic nitrogens is 5. The van der Waals surface area contributed by atoms with E-state index >= 15 is 0 Å². The predicted molar refractivity (Wildman–Crippen MR) is 110 cm³/mol. The lowest BCUT2D eigenvalue weighted by Crippen LogP contribution is -2.09. The fourth-order valence-electron chi connectivity index (χ4n) is 2.94. The Morgan fingerprint density at radius 2 is 1.70 bits per heavy atom. The maximum absolute atomic E-state index is 13.5. The molecule has 2 aromatic carbocycles. The van der Waals surface area contributed by atoms with Crippen LogP contribution < -0.4 is 0 Å². The standard InChI is InChI=1S/C20H15ClF3N5S/c1-28-11-16(17(27-28)20(22,23)24)18-25-26-19(29(18)15-5-3-2-4-6-15)30-12-13-7-9-14(21)10-8-13/h2-11H,12H2,1H3. The SMILES string of the molecule is Cn1cc(-c2nnc(SCc3ccc(Cl)cc3)n2-c2ccccc2)c(C(F)(F)F)n1. The summed E-state index contributed by atoms with van der Waals surface area (Å²) >= 11 is 7.30. The van der Waals surface area contributed by atoms with Gasteiger partial charge in [-0.25, -0.2) is 0 Å². The van der Waals surface area contributed by atoms with Gasteiger partial charge in [0.15, 0.2) is 16.7 Å². The third-order valence-electron chi connectivity index (χ3n) is 4.27. The van der Waals surface area contributed by atoms with Crippen LogP contribution in [-0.2, 0) is 19.0 Å². The van der Waals surface area contributed by atoms with Crippen LogP contribution >= 0.6 is 23.4 Å². The lowest BCUT2D eigenvalue weighted by Gasteiger charge is -2.11. The zero-order valence-electron chi connectivity index (χ0n) is 15.6. The van der Waals surface area contributed by atoms with Crippen LogP contribution in [0.25, 0.3) is 17.1 Å². The van der Waals surface area contributed by atoms with Gasteiger partial charge in [0.1, 0.15) is 0 Å². The van der Waals surface area contributed by atoms with Crippen molar-refractivity contribution in [2.45, 2.75) is 17.1 Å². The molecule has 0 aliphatic rings. The summed E-state index contributed by atoms with van der Waals surface area (Å²) in [4.78, 5) is 0. The summed E-state index contributed by atoms with van der Waals surface area (Å²) in [6, 6.07) is 16.4. The van der Waals surface area contributed by atoms with Crippen LogP contribution in [0.4, 0.5) is 13.2 Å². The van der Waals surface area contributed by atoms with Gasteiger partial charge >= 0.3 is 6.18 Å². The molecule has 4 rings (SSSR count). The van der Waals surface area contributed by atoms with Crippen molar-refractivity contribution in [3.05, 3.63) is 77.1 Å². The first-order valence-electron chi connectivity index (χ1n) is 8.82. The second kappa shape index (κ2) is 8.16. The minimum absolute atomic E-state index is 0.0835. The summed E-state index contributed by atoms with van der Waals surface area (Å²) in [5, 5.41) is 13.0. The zero-order chi connectivity index (χ0) is 21.3. The van der Waals surface area contributed by atoms with Crippen LogP contribution in [0.1, 0.15) is 11.3 Å². The second-order valence-corrected chi connectivity index (χ2v) is 7.83. The van der Waals surface area contributed by atoms with E-state index in [2.05, 4.69) is 15.3 Å². The van der Waals surface area contributed by atoms with E-state index in [1.165, 1.54) is 25.0 Å². The van der Waals surface area contributed by atoms with Gasteiger partial charge < -0.3 is 0 Å². The molecule has 0 bridgehead atoms. The molecule has 0 N–H and O–H groups in total. The first-order valence-corrected chi connectivity index (χ1v) is 10.2. The van der Waals surface area contributed by atoms with Crippen molar-refractivity contribution in [3.63, 3.8) is 0 Å². The number of aryl methyl sites for hydroxylation is 1. The molecule has 0 fully saturated rings. The van der Waals surface area contributed by atoms with Crippen molar-refractivity contribution >= 4 is 23.4 Å². The number of hydrogen-bond donors (Lipinski definition) is 0. The summed E-state index contributed by atoms with van der Waals surface area (Å²) in [5.74, 6) is 0.640. The van der Waals surface area contributed by atoms with E-state index in [1.807, 2.05) is 18.2 Å². The van der Waals surface area contributed by atoms with E-state index < -0.39 is 11.9 Å². The second-order valence-electron chi connectivity index (χ2n) is 6.46. The summed E-state index contributed by atoms with van der Waals surface area (Å²) < 4.78 is 43.4. The van der Waals surface area contributed by atoms with Crippen molar-refractivity contribution in [3.8, 4) is 17.1 Å². The number of rotatable bonds is 5. The van der Waals surface area contributed by atoms with E-state index in [9.17, 15) is 13.2 Å². The topological polar surface area (TPSA) is 48.5 Å². The summed E-state index contributed by atoms with van der Waals surface area (Å²) in [5.41, 5.74) is 0.544. The zero-order valence-corrected chi connectivity index (χ0v) is 17.2. The predicted octanol–water partition coefficient (Wildman–Crippen LogP) is 5.63. The van der Waals surface area contributed by atoms with E-state index in [-0.39, 0.29) is 11.4 Å². The van der Waals surface area contributed by atoms with Crippen LogP contribution in [0.15, 0.2) is 66.0 Å². The number of benzene rings is 2. The maximum atomic E-state index is 13.5. The molecule has 30 heavy (non-hydrogen) atoms. The van der Waals surface area contributed by atoms with Gasteiger partial charge in [0.2, 0.25) is 0 Å². The van der Waals surface area contributed by atoms with Gasteiger partial charge in [-0.15, -0.1) is 10.2 Å². The van der Waals surface area contributed by atoms with Crippen LogP contribution in [0.5, 0.6) is 0 Å². The molecule has 0 unspecified atom stereocenters. The highest BCUT2D eigenvalue weighted by atomic mass is 35.5. The van der Waals surface area contributed by atoms with Gasteiger partial charge in [-0.2, -0.15) is 18.3 Å². The van der Waals surface area contributed by atoms with Crippen molar-refractivity contribution in [1.82, 2.24) is 24.5 Å². The summed E-state index contributed by atoms with van der Waals surface area (Å²) in [6.45, 7) is 0. The van der Waals surface area contributed by atoms with E-state index in [1.54, 1.807) is 41.0 Å². The van der Waals surface area contributed by atoms with Gasteiger partial charge in [-0.05, 0) is 29.8 Å². The Morgan fingerprint density at radius 3 is 2.37 bits per heavy atom. The van der Waals surface area contributed by atoms with Crippen molar-refractivity contribution in [1.29, 1.82) is 0 Å². The van der Waals surface area contributed by atoms with Gasteiger partial charge in [-0.1, -0.05) is 53.7 Å². The van der Waals surface area contributed by atoms with Gasteiger partial charge in [-0.3, -0.25) is 9.25 Å². The average molecular weight is 450 g/mol. The Kier molecular flexibility index (Phi) is 5.57. The molecular formula is C20H15ClF3N5S. The van der Waals surface area contributed by atoms with Crippen molar-refractivity contribution in [2.24, 2.45) is 7.05 Å². The molecule has 0 aliphatic heterocycles. The molecule has 0 atom stereocenters. The first kappa shape index (κ1) is 20.5. The first-order chi connectivity index (χ1) is 14.3. The molecule has 0 amide bonds. The quantitative estimate of drug-likeness (QED) is 0.370. The van der Waals surface area contributed by atoms with Crippen LogP contribution in [0.2, 0.25) is 5.02 Å². The van der Waals surface area contributed by atoms with Gasteiger partial charge in [0.05, 0.1) is 5.56 Å². The number of nitrogens with zero attached hydrogens (tertiary/aromatic N) is 5. The Balaban J connectivity index is 1.78. The molecule has 5 nitrogen and oxygen atoms in total. The van der Waals surface area contributed by atoms with Gasteiger partial charge in [0, 0.05) is 29.7 Å². The molecule has 0 radical (unpaired) electrons. The van der Waals surface area contributed by atoms with Crippen LogP contribution in [0, 0.1) is 0 Å². The molecule has 0 spiro atoms. The van der Waals surface area contributed by atoms with E-state index in [0.29, 0.717) is 21.6 Å². The molecule has 0 saturated heterocycles. The molecule has 2 heterocycles. The highest BCUT2D eigenvalue weighted by Crippen LogP contribution is 2.37. The Bertz CT molecular complexity index is 1150. The highest BCUT2D eigenvalue weighted by molar-refractivity contribution is 7.98. The highest BCUT2D eigenvalue weighted by Gasteiger charge is 2.39. The molecule has 10 heteroatoms. The summed E-state index contributed by atoms with van der Waals surface area (Å²) in [7, 11) is 1.44. The lowest BCUT2D eigenvalue weighted by molar-refractivity contribution is -0.141. The number of hydrogen-bond acceptors (Lipinski definition) is 4. The number of thioether (sulfide) groups is 1. The lowest BCUT2D eigenvalue weighted by atomic mass is 10.2. The fraction of sp³-hybridized carbons (Fsp3) is 0.150. The largest absolute Gasteiger partial charge is 0.435 e. The van der Waals surface area contributed by atoms with E-state index in [0.717, 1.165) is 10.2 Å². The average Bonchev–Trinajstić information content (AvgIpc) is 3.31.